The molecule has 0 aromatic heterocycles. The Morgan fingerprint density at radius 2 is 1.51 bits per heavy atom. The lowest BCUT2D eigenvalue weighted by Gasteiger charge is -2.43. The van der Waals surface area contributed by atoms with Crippen LogP contribution in [-0.2, 0) is 22.4 Å². The number of hydrogen-bond donors (Lipinski definition) is 5. The first-order valence-electron chi connectivity index (χ1n) is 14.0. The number of benzene rings is 2. The molecule has 0 radical (unpaired) electrons. The minimum atomic E-state index is -0.748. The Morgan fingerprint density at radius 1 is 0.927 bits per heavy atom. The highest BCUT2D eigenvalue weighted by molar-refractivity contribution is 6.42. The molecule has 1 unspecified atom stereocenters. The molecule has 1 fully saturated rings. The highest BCUT2D eigenvalue weighted by Crippen LogP contribution is 2.24. The summed E-state index contributed by atoms with van der Waals surface area (Å²) < 4.78 is 0. The monoisotopic (exact) mass is 645 g/mol. The van der Waals surface area contributed by atoms with E-state index in [1.807, 2.05) is 24.0 Å². The van der Waals surface area contributed by atoms with Crippen molar-refractivity contribution < 1.29 is 14.5 Å². The van der Waals surface area contributed by atoms with Crippen molar-refractivity contribution in [2.24, 2.45) is 17.2 Å². The lowest BCUT2D eigenvalue weighted by atomic mass is 9.97. The zero-order chi connectivity index (χ0) is 30.1. The second-order valence-corrected chi connectivity index (χ2v) is 12.4. The van der Waals surface area contributed by atoms with Crippen molar-refractivity contribution in [3.63, 3.8) is 0 Å². The van der Waals surface area contributed by atoms with E-state index in [0.717, 1.165) is 48.4 Å². The van der Waals surface area contributed by atoms with Crippen molar-refractivity contribution in [2.75, 3.05) is 32.7 Å². The molecular weight excluding hydrogens is 606 g/mol. The summed E-state index contributed by atoms with van der Waals surface area (Å²) in [4.78, 5) is 29.9. The van der Waals surface area contributed by atoms with E-state index < -0.39 is 12.1 Å². The fraction of sp³-hybridized carbons (Fsp3) is 0.517. The largest absolute Gasteiger partial charge is 0.329 e. The molecule has 1 aliphatic heterocycles. The summed E-state index contributed by atoms with van der Waals surface area (Å²) >= 11 is 24.4. The number of piperazine rings is 1. The molecule has 12 heteroatoms. The highest BCUT2D eigenvalue weighted by Gasteiger charge is 2.42. The Morgan fingerprint density at radius 3 is 2.07 bits per heavy atom. The van der Waals surface area contributed by atoms with Crippen LogP contribution in [0.5, 0.6) is 0 Å². The first-order chi connectivity index (χ1) is 19.5. The van der Waals surface area contributed by atoms with Crippen LogP contribution in [0.4, 0.5) is 0 Å². The molecule has 5 atom stereocenters. The van der Waals surface area contributed by atoms with Crippen LogP contribution in [0.15, 0.2) is 36.4 Å². The van der Waals surface area contributed by atoms with Crippen LogP contribution in [0.1, 0.15) is 37.3 Å². The molecule has 1 heterocycles. The summed E-state index contributed by atoms with van der Waals surface area (Å²) in [6.07, 6.45) is 3.25. The first-order valence-corrected chi connectivity index (χ1v) is 15.5. The summed E-state index contributed by atoms with van der Waals surface area (Å²) in [6.45, 7) is 5.04. The minimum Gasteiger partial charge on any atom is -0.329 e. The van der Waals surface area contributed by atoms with Gasteiger partial charge in [-0.3, -0.25) is 9.69 Å². The van der Waals surface area contributed by atoms with Crippen LogP contribution in [0.25, 0.3) is 0 Å². The van der Waals surface area contributed by atoms with Crippen molar-refractivity contribution in [1.29, 1.82) is 0 Å². The molecule has 2 aromatic carbocycles. The molecule has 2 aromatic rings. The van der Waals surface area contributed by atoms with Crippen LogP contribution >= 0.6 is 46.4 Å². The van der Waals surface area contributed by atoms with Crippen LogP contribution in [0, 0.1) is 0 Å². The van der Waals surface area contributed by atoms with Gasteiger partial charge in [0, 0.05) is 19.5 Å². The van der Waals surface area contributed by atoms with Gasteiger partial charge in [-0.1, -0.05) is 58.5 Å². The average Bonchev–Trinajstić information content (AvgIpc) is 2.94. The van der Waals surface area contributed by atoms with E-state index in [2.05, 4.69) is 5.32 Å². The third-order valence-electron chi connectivity index (χ3n) is 7.56. The number of unbranched alkanes of at least 4 members (excludes halogenated alkanes) is 1. The molecule has 8 nitrogen and oxygen atoms in total. The van der Waals surface area contributed by atoms with Gasteiger partial charge in [-0.15, -0.1) is 0 Å². The fourth-order valence-electron chi connectivity index (χ4n) is 5.32. The molecule has 3 rings (SSSR count). The van der Waals surface area contributed by atoms with Crippen LogP contribution < -0.4 is 27.4 Å². The number of nitrogens with one attached hydrogen (secondary N) is 2. The summed E-state index contributed by atoms with van der Waals surface area (Å²) in [5.41, 5.74) is 20.1. The summed E-state index contributed by atoms with van der Waals surface area (Å²) in [5, 5.41) is 5.05. The number of nitrogens with two attached hydrogens (primary N) is 3. The lowest BCUT2D eigenvalue weighted by molar-refractivity contribution is -0.855. The molecule has 41 heavy (non-hydrogen) atoms. The van der Waals surface area contributed by atoms with E-state index in [1.165, 1.54) is 0 Å². The predicted octanol–water partition coefficient (Wildman–Crippen LogP) is 2.47. The molecule has 2 amide bonds. The van der Waals surface area contributed by atoms with Gasteiger partial charge in [-0.2, -0.15) is 0 Å². The third-order valence-corrected chi connectivity index (χ3v) is 9.03. The molecule has 0 aliphatic carbocycles. The third kappa shape index (κ3) is 9.78. The van der Waals surface area contributed by atoms with Gasteiger partial charge in [0.1, 0.15) is 18.6 Å². The number of quaternary nitrogens is 1. The van der Waals surface area contributed by atoms with Crippen LogP contribution in [0.3, 0.4) is 0 Å². The fourth-order valence-corrected chi connectivity index (χ4v) is 5.96. The Bertz CT molecular complexity index is 1190. The summed E-state index contributed by atoms with van der Waals surface area (Å²) in [6, 6.07) is 8.77. The van der Waals surface area contributed by atoms with Gasteiger partial charge in [0.05, 0.1) is 38.7 Å². The number of nitrogens with zero attached hydrogens (tertiary/aromatic N) is 1. The summed E-state index contributed by atoms with van der Waals surface area (Å²) in [5.74, 6) is -0.217. The van der Waals surface area contributed by atoms with E-state index in [0.29, 0.717) is 52.6 Å². The number of carbonyl (C=O) groups excluding carboxylic acids is 2. The molecular formula is C29H41Cl4N6O2+. The molecule has 1 saturated heterocycles. The maximum absolute atomic E-state index is 13.7. The number of carbonyl (C=O) groups is 2. The van der Waals surface area contributed by atoms with Gasteiger partial charge in [-0.25, -0.2) is 4.79 Å². The predicted molar refractivity (Wildman–Crippen MR) is 168 cm³/mol. The number of rotatable bonds is 13. The zero-order valence-corrected chi connectivity index (χ0v) is 26.4. The van der Waals surface area contributed by atoms with E-state index in [1.54, 1.807) is 24.3 Å². The maximum atomic E-state index is 13.7. The van der Waals surface area contributed by atoms with Crippen molar-refractivity contribution in [2.45, 2.75) is 63.2 Å². The van der Waals surface area contributed by atoms with Gasteiger partial charge in [0.2, 0.25) is 5.91 Å². The number of hydrogen-bond acceptors (Lipinski definition) is 6. The number of halogens is 4. The Balaban J connectivity index is 1.71. The van der Waals surface area contributed by atoms with E-state index in [9.17, 15) is 9.59 Å². The van der Waals surface area contributed by atoms with Gasteiger partial charge in [0.15, 0.2) is 0 Å². The highest BCUT2D eigenvalue weighted by atomic mass is 35.5. The molecule has 8 N–H and O–H groups in total. The standard InChI is InChI=1S/C29H40Cl4N6O2/c1-18-16-39(29(41)27(36)15-20-6-8-23(31)25(33)13-20)21(4-2-3-10-37-11-9-34)17-38(18)28(40)26(35)14-19-5-7-22(30)24(32)12-19/h5-8,12-13,18,21,26-27,37H,2-4,9-11,14-17,34-36H2,1H3/p+1/t18-,21+,26-,27-/m1/s1. The first kappa shape index (κ1) is 34.0. The minimum absolute atomic E-state index is 0.0783. The smallest absolute Gasteiger partial charge is 0.329 e. The van der Waals surface area contributed by atoms with Crippen molar-refractivity contribution in [1.82, 2.24) is 10.2 Å². The summed E-state index contributed by atoms with van der Waals surface area (Å²) in [7, 11) is 0. The average molecular weight is 647 g/mol. The Hall–Kier alpha value is -1.46. The molecule has 0 bridgehead atoms. The molecule has 226 valence electrons. The maximum Gasteiger partial charge on any atom is 0.329 e. The quantitative estimate of drug-likeness (QED) is 0.213. The SMILES string of the molecule is C[C@@H]1CN(C(=O)[C@H](N)Cc2ccc(Cl)c(Cl)c2)[C@@H](CCCCNCCN)C[NH+]1C(=O)[C@H](N)Cc1ccc(Cl)c(Cl)c1. The molecule has 1 aliphatic rings. The molecule has 0 spiro atoms. The van der Waals surface area contributed by atoms with Gasteiger partial charge in [-0.05, 0) is 74.5 Å². The van der Waals surface area contributed by atoms with Gasteiger partial charge in [0.25, 0.3) is 0 Å². The van der Waals surface area contributed by atoms with Crippen molar-refractivity contribution in [3.05, 3.63) is 67.6 Å². The Labute approximate surface area is 262 Å². The van der Waals surface area contributed by atoms with E-state index in [-0.39, 0.29) is 23.9 Å². The van der Waals surface area contributed by atoms with Crippen LogP contribution in [0.2, 0.25) is 20.1 Å². The van der Waals surface area contributed by atoms with Crippen molar-refractivity contribution >= 4 is 58.2 Å². The topological polar surface area (TPSA) is 132 Å². The van der Waals surface area contributed by atoms with Crippen LogP contribution in [-0.4, -0.2) is 73.6 Å². The van der Waals surface area contributed by atoms with Gasteiger partial charge >= 0.3 is 5.91 Å². The second kappa shape index (κ2) is 16.4. The second-order valence-electron chi connectivity index (χ2n) is 10.8. The van der Waals surface area contributed by atoms with E-state index >= 15 is 0 Å². The van der Waals surface area contributed by atoms with E-state index in [4.69, 9.17) is 63.6 Å². The Kier molecular flexibility index (Phi) is 13.6. The van der Waals surface area contributed by atoms with Crippen molar-refractivity contribution in [3.8, 4) is 0 Å². The van der Waals surface area contributed by atoms with Gasteiger partial charge < -0.3 is 27.4 Å². The zero-order valence-electron chi connectivity index (χ0n) is 23.4. The molecule has 0 saturated carbocycles. The lowest BCUT2D eigenvalue weighted by Crippen LogP contribution is -3.22. The number of amides is 2. The normalized spacial score (nSPS) is 20.6.